The highest BCUT2D eigenvalue weighted by atomic mass is 15.3. The summed E-state index contributed by atoms with van der Waals surface area (Å²) in [5.74, 6) is 1.52. The Labute approximate surface area is 110 Å². The van der Waals surface area contributed by atoms with E-state index in [1.54, 1.807) is 0 Å². The van der Waals surface area contributed by atoms with Gasteiger partial charge in [-0.25, -0.2) is 9.97 Å². The molecule has 0 radical (unpaired) electrons. The third-order valence-electron chi connectivity index (χ3n) is 3.73. The Morgan fingerprint density at radius 3 is 2.83 bits per heavy atom. The van der Waals surface area contributed by atoms with Crippen LogP contribution in [-0.2, 0) is 0 Å². The molecule has 0 aromatic carbocycles. The zero-order valence-electron chi connectivity index (χ0n) is 11.9. The fraction of sp³-hybridized carbons (Fsp3) is 0.714. The molecule has 1 unspecified atom stereocenters. The van der Waals surface area contributed by atoms with Crippen LogP contribution in [0.15, 0.2) is 6.20 Å². The van der Waals surface area contributed by atoms with E-state index >= 15 is 0 Å². The van der Waals surface area contributed by atoms with Crippen LogP contribution >= 0.6 is 0 Å². The molecule has 0 amide bonds. The fourth-order valence-corrected chi connectivity index (χ4v) is 2.25. The van der Waals surface area contributed by atoms with Crippen LogP contribution in [0.3, 0.4) is 0 Å². The second-order valence-electron chi connectivity index (χ2n) is 5.54. The molecule has 1 aliphatic heterocycles. The van der Waals surface area contributed by atoms with Gasteiger partial charge in [0.1, 0.15) is 0 Å². The predicted octanol–water partition coefficient (Wildman–Crippen LogP) is 1.92. The average Bonchev–Trinajstić information content (AvgIpc) is 2.58. The first-order valence-electron chi connectivity index (χ1n) is 6.86. The summed E-state index contributed by atoms with van der Waals surface area (Å²) in [6, 6.07) is 0.526. The highest BCUT2D eigenvalue weighted by Crippen LogP contribution is 2.15. The van der Waals surface area contributed by atoms with E-state index in [9.17, 15) is 0 Å². The molecule has 4 heteroatoms. The second-order valence-corrected chi connectivity index (χ2v) is 5.54. The van der Waals surface area contributed by atoms with Gasteiger partial charge in [0, 0.05) is 31.0 Å². The standard InChI is InChI=1S/C14H24N4/c1-10(2)13-9-18(7-5-6-15-13)14-16-8-11(3)12(4)17-14/h8,10,13,15H,5-7,9H2,1-4H3. The van der Waals surface area contributed by atoms with Crippen LogP contribution in [0.5, 0.6) is 0 Å². The molecule has 1 N–H and O–H groups in total. The summed E-state index contributed by atoms with van der Waals surface area (Å²) < 4.78 is 0. The molecule has 0 aliphatic carbocycles. The Morgan fingerprint density at radius 2 is 2.17 bits per heavy atom. The number of hydrogen-bond donors (Lipinski definition) is 1. The van der Waals surface area contributed by atoms with E-state index in [0.717, 1.165) is 43.3 Å². The van der Waals surface area contributed by atoms with Gasteiger partial charge in [0.2, 0.25) is 5.95 Å². The van der Waals surface area contributed by atoms with Crippen molar-refractivity contribution in [1.29, 1.82) is 0 Å². The molecule has 4 nitrogen and oxygen atoms in total. The maximum Gasteiger partial charge on any atom is 0.225 e. The van der Waals surface area contributed by atoms with Crippen molar-refractivity contribution >= 4 is 5.95 Å². The smallest absolute Gasteiger partial charge is 0.225 e. The fourth-order valence-electron chi connectivity index (χ4n) is 2.25. The van der Waals surface area contributed by atoms with Crippen molar-refractivity contribution in [2.75, 3.05) is 24.5 Å². The molecule has 0 spiro atoms. The molecule has 18 heavy (non-hydrogen) atoms. The van der Waals surface area contributed by atoms with Crippen LogP contribution < -0.4 is 10.2 Å². The lowest BCUT2D eigenvalue weighted by molar-refractivity contribution is 0.419. The van der Waals surface area contributed by atoms with Crippen molar-refractivity contribution in [2.24, 2.45) is 5.92 Å². The molecular formula is C14H24N4. The van der Waals surface area contributed by atoms with Crippen molar-refractivity contribution in [1.82, 2.24) is 15.3 Å². The molecule has 1 aromatic heterocycles. The zero-order valence-corrected chi connectivity index (χ0v) is 11.9. The number of rotatable bonds is 2. The summed E-state index contributed by atoms with van der Waals surface area (Å²) >= 11 is 0. The summed E-state index contributed by atoms with van der Waals surface area (Å²) in [6.45, 7) is 11.8. The van der Waals surface area contributed by atoms with E-state index in [0.29, 0.717) is 12.0 Å². The largest absolute Gasteiger partial charge is 0.339 e. The lowest BCUT2D eigenvalue weighted by atomic mass is 10.0. The summed E-state index contributed by atoms with van der Waals surface area (Å²) in [4.78, 5) is 11.4. The molecule has 2 rings (SSSR count). The molecule has 1 fully saturated rings. The van der Waals surface area contributed by atoms with Gasteiger partial charge in [-0.15, -0.1) is 0 Å². The van der Waals surface area contributed by atoms with Crippen LogP contribution in [0.2, 0.25) is 0 Å². The maximum atomic E-state index is 4.62. The van der Waals surface area contributed by atoms with Gasteiger partial charge in [-0.3, -0.25) is 0 Å². The molecule has 1 aromatic rings. The molecule has 0 saturated carbocycles. The number of nitrogens with zero attached hydrogens (tertiary/aromatic N) is 3. The summed E-state index contributed by atoms with van der Waals surface area (Å²) in [6.07, 6.45) is 3.08. The molecule has 100 valence electrons. The first kappa shape index (κ1) is 13.3. The van der Waals surface area contributed by atoms with Gasteiger partial charge in [0.15, 0.2) is 0 Å². The summed E-state index contributed by atoms with van der Waals surface area (Å²) in [7, 11) is 0. The van der Waals surface area contributed by atoms with E-state index in [-0.39, 0.29) is 0 Å². The van der Waals surface area contributed by atoms with Crippen molar-refractivity contribution in [3.8, 4) is 0 Å². The van der Waals surface area contributed by atoms with Crippen LogP contribution in [0, 0.1) is 19.8 Å². The van der Waals surface area contributed by atoms with Crippen molar-refractivity contribution < 1.29 is 0 Å². The van der Waals surface area contributed by atoms with E-state index in [4.69, 9.17) is 0 Å². The average molecular weight is 248 g/mol. The lowest BCUT2D eigenvalue weighted by Gasteiger charge is -2.27. The van der Waals surface area contributed by atoms with Crippen LogP contribution in [0.4, 0.5) is 5.95 Å². The Balaban J connectivity index is 2.17. The van der Waals surface area contributed by atoms with Gasteiger partial charge < -0.3 is 10.2 Å². The number of nitrogens with one attached hydrogen (secondary N) is 1. The zero-order chi connectivity index (χ0) is 13.1. The van der Waals surface area contributed by atoms with E-state index in [1.165, 1.54) is 0 Å². The van der Waals surface area contributed by atoms with E-state index in [1.807, 2.05) is 6.20 Å². The normalized spacial score (nSPS) is 21.2. The van der Waals surface area contributed by atoms with Gasteiger partial charge in [0.05, 0.1) is 0 Å². The minimum atomic E-state index is 0.526. The Bertz CT molecular complexity index is 403. The minimum absolute atomic E-state index is 0.526. The summed E-state index contributed by atoms with van der Waals surface area (Å²) in [5.41, 5.74) is 2.24. The minimum Gasteiger partial charge on any atom is -0.339 e. The number of aromatic nitrogens is 2. The molecule has 0 bridgehead atoms. The van der Waals surface area contributed by atoms with Crippen LogP contribution in [-0.4, -0.2) is 35.6 Å². The van der Waals surface area contributed by atoms with E-state index in [2.05, 4.69) is 47.9 Å². The maximum absolute atomic E-state index is 4.62. The van der Waals surface area contributed by atoms with Gasteiger partial charge in [-0.1, -0.05) is 13.8 Å². The third-order valence-corrected chi connectivity index (χ3v) is 3.73. The predicted molar refractivity (Wildman–Crippen MR) is 75.0 cm³/mol. The Kier molecular flexibility index (Phi) is 4.17. The van der Waals surface area contributed by atoms with Crippen LogP contribution in [0.25, 0.3) is 0 Å². The Hall–Kier alpha value is -1.16. The van der Waals surface area contributed by atoms with Gasteiger partial charge >= 0.3 is 0 Å². The SMILES string of the molecule is Cc1cnc(N2CCCNC(C(C)C)C2)nc1C. The van der Waals surface area contributed by atoms with E-state index < -0.39 is 0 Å². The van der Waals surface area contributed by atoms with Crippen molar-refractivity contribution in [3.63, 3.8) is 0 Å². The molecule has 1 atom stereocenters. The molecular weight excluding hydrogens is 224 g/mol. The number of hydrogen-bond acceptors (Lipinski definition) is 4. The number of anilines is 1. The van der Waals surface area contributed by atoms with Gasteiger partial charge in [-0.2, -0.15) is 0 Å². The highest BCUT2D eigenvalue weighted by Gasteiger charge is 2.21. The topological polar surface area (TPSA) is 41.1 Å². The summed E-state index contributed by atoms with van der Waals surface area (Å²) in [5, 5.41) is 3.61. The van der Waals surface area contributed by atoms with Crippen molar-refractivity contribution in [2.45, 2.75) is 40.2 Å². The molecule has 2 heterocycles. The second kappa shape index (κ2) is 5.65. The van der Waals surface area contributed by atoms with Crippen molar-refractivity contribution in [3.05, 3.63) is 17.5 Å². The van der Waals surface area contributed by atoms with Gasteiger partial charge in [0.25, 0.3) is 0 Å². The first-order valence-corrected chi connectivity index (χ1v) is 6.86. The quantitative estimate of drug-likeness (QED) is 0.868. The lowest BCUT2D eigenvalue weighted by Crippen LogP contribution is -2.41. The first-order chi connectivity index (χ1) is 8.58. The van der Waals surface area contributed by atoms with Crippen LogP contribution in [0.1, 0.15) is 31.5 Å². The third kappa shape index (κ3) is 2.99. The highest BCUT2D eigenvalue weighted by molar-refractivity contribution is 5.33. The molecule has 1 saturated heterocycles. The van der Waals surface area contributed by atoms with Gasteiger partial charge in [-0.05, 0) is 38.3 Å². The monoisotopic (exact) mass is 248 g/mol. The molecule has 1 aliphatic rings. The Morgan fingerprint density at radius 1 is 1.39 bits per heavy atom. The number of aryl methyl sites for hydroxylation is 2.